The largest absolute Gasteiger partial charge is 0.453 e. The number of aromatic nitrogens is 1. The minimum absolute atomic E-state index is 0.0986. The lowest BCUT2D eigenvalue weighted by atomic mass is 9.98. The Labute approximate surface area is 203 Å². The molecule has 1 aromatic carbocycles. The van der Waals surface area contributed by atoms with Gasteiger partial charge in [0.15, 0.2) is 5.82 Å². The van der Waals surface area contributed by atoms with Crippen LogP contribution in [0, 0.1) is 11.7 Å². The van der Waals surface area contributed by atoms with Gasteiger partial charge in [0, 0.05) is 11.8 Å². The monoisotopic (exact) mass is 484 g/mol. The van der Waals surface area contributed by atoms with E-state index >= 15 is 4.39 Å². The molecule has 35 heavy (non-hydrogen) atoms. The van der Waals surface area contributed by atoms with E-state index in [0.717, 1.165) is 7.11 Å². The number of nitrogens with zero attached hydrogens (tertiary/aromatic N) is 1. The van der Waals surface area contributed by atoms with E-state index < -0.39 is 41.5 Å². The molecule has 3 amide bonds. The molecule has 2 bridgehead atoms. The highest BCUT2D eigenvalue weighted by atomic mass is 19.1. The standard InChI is InChI=1S/C25H29FN4O5/c1-14-7-6-8-17(28-24(33)35-25(2,3)4)19-13-15(11-12-27-19)16-9-10-18(29-23(32)34-5)20(26)21(16)30-22(14)31/h6-7,9-14,17H,8H2,1-5H3,(H,28,33)(H,29,32)(H,30,31)/b7-6-/t14-,17+/m1/s1. The van der Waals surface area contributed by atoms with Gasteiger partial charge in [-0.15, -0.1) is 0 Å². The number of halogens is 1. The number of methoxy groups -OCH3 is 1. The van der Waals surface area contributed by atoms with E-state index in [9.17, 15) is 14.4 Å². The number of carbonyl (C=O) groups excluding carboxylic acids is 3. The Hall–Kier alpha value is -3.95. The van der Waals surface area contributed by atoms with Gasteiger partial charge in [0.25, 0.3) is 0 Å². The van der Waals surface area contributed by atoms with E-state index in [1.165, 1.54) is 12.3 Å². The molecule has 1 aliphatic heterocycles. The van der Waals surface area contributed by atoms with E-state index in [1.807, 2.05) is 0 Å². The molecule has 3 N–H and O–H groups in total. The van der Waals surface area contributed by atoms with Crippen LogP contribution < -0.4 is 16.0 Å². The molecule has 0 fully saturated rings. The van der Waals surface area contributed by atoms with Gasteiger partial charge in [-0.3, -0.25) is 15.1 Å². The van der Waals surface area contributed by atoms with Crippen LogP contribution in [-0.4, -0.2) is 35.8 Å². The Morgan fingerprint density at radius 3 is 2.63 bits per heavy atom. The van der Waals surface area contributed by atoms with Gasteiger partial charge in [0.2, 0.25) is 5.91 Å². The Balaban J connectivity index is 2.09. The summed E-state index contributed by atoms with van der Waals surface area (Å²) >= 11 is 0. The number of benzene rings is 1. The highest BCUT2D eigenvalue weighted by Crippen LogP contribution is 2.36. The quantitative estimate of drug-likeness (QED) is 0.506. The number of anilines is 2. The molecule has 3 rings (SSSR count). The van der Waals surface area contributed by atoms with Crippen LogP contribution in [0.5, 0.6) is 0 Å². The van der Waals surface area contributed by atoms with Crippen LogP contribution in [-0.2, 0) is 14.3 Å². The molecule has 0 saturated carbocycles. The number of hydrogen-bond donors (Lipinski definition) is 3. The fourth-order valence-corrected chi connectivity index (χ4v) is 3.45. The lowest BCUT2D eigenvalue weighted by molar-refractivity contribution is -0.118. The zero-order valence-corrected chi connectivity index (χ0v) is 20.3. The zero-order chi connectivity index (χ0) is 25.8. The number of rotatable bonds is 2. The molecule has 9 nitrogen and oxygen atoms in total. The van der Waals surface area contributed by atoms with Crippen molar-refractivity contribution in [2.75, 3.05) is 17.7 Å². The van der Waals surface area contributed by atoms with Gasteiger partial charge >= 0.3 is 12.2 Å². The molecule has 10 heteroatoms. The normalized spacial score (nSPS) is 18.6. The van der Waals surface area contributed by atoms with Crippen LogP contribution in [0.3, 0.4) is 0 Å². The summed E-state index contributed by atoms with van der Waals surface area (Å²) in [5.74, 6) is -1.87. The molecule has 0 saturated heterocycles. The molecule has 0 radical (unpaired) electrons. The minimum atomic E-state index is -0.845. The minimum Gasteiger partial charge on any atom is -0.453 e. The number of fused-ring (bicyclic) bond motifs is 4. The first-order valence-corrected chi connectivity index (χ1v) is 11.1. The van der Waals surface area contributed by atoms with Crippen molar-refractivity contribution in [3.63, 3.8) is 0 Å². The average Bonchev–Trinajstić information content (AvgIpc) is 2.79. The Morgan fingerprint density at radius 1 is 1.20 bits per heavy atom. The summed E-state index contributed by atoms with van der Waals surface area (Å²) in [5, 5.41) is 7.76. The predicted octanol–water partition coefficient (Wildman–Crippen LogP) is 5.17. The first-order chi connectivity index (χ1) is 16.5. The van der Waals surface area contributed by atoms with Gasteiger partial charge in [-0.1, -0.05) is 25.1 Å². The molecule has 2 heterocycles. The molecular weight excluding hydrogens is 455 g/mol. The SMILES string of the molecule is COC(=O)Nc1ccc2c(c1F)NC(=O)[C@H](C)/C=C\C[C@H](NC(=O)OC(C)(C)C)c1cc-2ccn1. The highest BCUT2D eigenvalue weighted by molar-refractivity contribution is 5.99. The molecule has 2 aromatic rings. The van der Waals surface area contributed by atoms with Gasteiger partial charge in [0.05, 0.1) is 36.1 Å². The van der Waals surface area contributed by atoms with E-state index in [-0.39, 0.29) is 11.4 Å². The van der Waals surface area contributed by atoms with Crippen LogP contribution in [0.15, 0.2) is 42.6 Å². The molecule has 2 atom stereocenters. The number of pyridine rings is 1. The van der Waals surface area contributed by atoms with Crippen LogP contribution in [0.25, 0.3) is 11.1 Å². The molecule has 1 aromatic heterocycles. The fourth-order valence-electron chi connectivity index (χ4n) is 3.45. The van der Waals surface area contributed by atoms with Crippen molar-refractivity contribution in [2.45, 2.75) is 45.8 Å². The van der Waals surface area contributed by atoms with Crippen molar-refractivity contribution in [3.05, 3.63) is 54.1 Å². The van der Waals surface area contributed by atoms with Gasteiger partial charge in [0.1, 0.15) is 5.60 Å². The second kappa shape index (κ2) is 10.5. The summed E-state index contributed by atoms with van der Waals surface area (Å²) in [6.07, 6.45) is 3.87. The maximum Gasteiger partial charge on any atom is 0.411 e. The van der Waals surface area contributed by atoms with Crippen molar-refractivity contribution in [1.29, 1.82) is 0 Å². The average molecular weight is 485 g/mol. The number of alkyl carbamates (subject to hydrolysis) is 1. The third kappa shape index (κ3) is 6.56. The number of hydrogen-bond acceptors (Lipinski definition) is 6. The highest BCUT2D eigenvalue weighted by Gasteiger charge is 2.24. The van der Waals surface area contributed by atoms with Crippen molar-refractivity contribution in [3.8, 4) is 11.1 Å². The third-order valence-electron chi connectivity index (χ3n) is 5.16. The third-order valence-corrected chi connectivity index (χ3v) is 5.16. The maximum absolute atomic E-state index is 15.5. The van der Waals surface area contributed by atoms with Gasteiger partial charge in [-0.25, -0.2) is 14.0 Å². The lowest BCUT2D eigenvalue weighted by Crippen LogP contribution is -2.35. The molecular formula is C25H29FN4O5. The van der Waals surface area contributed by atoms with Crippen molar-refractivity contribution in [1.82, 2.24) is 10.3 Å². The predicted molar refractivity (Wildman–Crippen MR) is 129 cm³/mol. The summed E-state index contributed by atoms with van der Waals surface area (Å²) in [5.41, 5.74) is 0.536. The number of amides is 3. The molecule has 0 unspecified atom stereocenters. The summed E-state index contributed by atoms with van der Waals surface area (Å²) in [7, 11) is 1.16. The van der Waals surface area contributed by atoms with E-state index in [4.69, 9.17) is 4.74 Å². The van der Waals surface area contributed by atoms with Gasteiger partial charge < -0.3 is 20.1 Å². The number of ether oxygens (including phenoxy) is 2. The topological polar surface area (TPSA) is 119 Å². The van der Waals surface area contributed by atoms with Crippen LogP contribution in [0.4, 0.5) is 25.4 Å². The Morgan fingerprint density at radius 2 is 1.94 bits per heavy atom. The van der Waals surface area contributed by atoms with Crippen molar-refractivity contribution >= 4 is 29.5 Å². The molecule has 1 aliphatic rings. The van der Waals surface area contributed by atoms with E-state index in [0.29, 0.717) is 23.2 Å². The second-order valence-corrected chi connectivity index (χ2v) is 9.08. The van der Waals surface area contributed by atoms with Crippen LogP contribution in [0.1, 0.15) is 45.9 Å². The first kappa shape index (κ1) is 25.7. The number of carbonyl (C=O) groups is 3. The van der Waals surface area contributed by atoms with Gasteiger partial charge in [-0.05, 0) is 51.0 Å². The van der Waals surface area contributed by atoms with E-state index in [2.05, 4.69) is 25.7 Å². The summed E-state index contributed by atoms with van der Waals surface area (Å²) in [6.45, 7) is 6.96. The van der Waals surface area contributed by atoms with Crippen LogP contribution >= 0.6 is 0 Å². The zero-order valence-electron chi connectivity index (χ0n) is 20.3. The van der Waals surface area contributed by atoms with Gasteiger partial charge in [-0.2, -0.15) is 0 Å². The van der Waals surface area contributed by atoms with Crippen molar-refractivity contribution in [2.24, 2.45) is 5.92 Å². The molecule has 0 spiro atoms. The number of nitrogens with one attached hydrogen (secondary N) is 3. The van der Waals surface area contributed by atoms with Crippen molar-refractivity contribution < 1.29 is 28.2 Å². The lowest BCUT2D eigenvalue weighted by Gasteiger charge is -2.24. The second-order valence-electron chi connectivity index (χ2n) is 9.08. The summed E-state index contributed by atoms with van der Waals surface area (Å²) in [4.78, 5) is 41.3. The Kier molecular flexibility index (Phi) is 7.73. The maximum atomic E-state index is 15.5. The fraction of sp³-hybridized carbons (Fsp3) is 0.360. The Bertz CT molecular complexity index is 1160. The molecule has 186 valence electrons. The summed E-state index contributed by atoms with van der Waals surface area (Å²) in [6, 6.07) is 5.77. The van der Waals surface area contributed by atoms with E-state index in [1.54, 1.807) is 58.0 Å². The van der Waals surface area contributed by atoms with Crippen LogP contribution in [0.2, 0.25) is 0 Å². The first-order valence-electron chi connectivity index (χ1n) is 11.1. The molecule has 0 aliphatic carbocycles. The summed E-state index contributed by atoms with van der Waals surface area (Å²) < 4.78 is 25.4. The smallest absolute Gasteiger partial charge is 0.411 e.